The van der Waals surface area contributed by atoms with Crippen LogP contribution in [0.1, 0.15) is 304 Å². The lowest BCUT2D eigenvalue weighted by Gasteiger charge is -2.26. The average molecular weight is 835 g/mol. The molecule has 2 atom stereocenters. The van der Waals surface area contributed by atoms with E-state index in [2.05, 4.69) is 20.8 Å². The lowest BCUT2D eigenvalue weighted by atomic mass is 10.0. The Bertz CT molecular complexity index is 889. The number of ether oxygens (including phenoxy) is 3. The average Bonchev–Trinajstić information content (AvgIpc) is 3.23. The Hall–Kier alpha value is -1.59. The van der Waals surface area contributed by atoms with Gasteiger partial charge in [0, 0.05) is 12.8 Å². The van der Waals surface area contributed by atoms with Crippen molar-refractivity contribution in [2.45, 2.75) is 316 Å². The third-order valence-corrected chi connectivity index (χ3v) is 12.1. The number of carbonyl (C=O) groups is 3. The quantitative estimate of drug-likeness (QED) is 0.0345. The third-order valence-electron chi connectivity index (χ3n) is 12.1. The summed E-state index contributed by atoms with van der Waals surface area (Å²) < 4.78 is 17.4. The lowest BCUT2D eigenvalue weighted by Crippen LogP contribution is -2.42. The summed E-state index contributed by atoms with van der Waals surface area (Å²) >= 11 is 0. The Kier molecular flexibility index (Phi) is 46.2. The van der Waals surface area contributed by atoms with Crippen LogP contribution < -0.4 is 0 Å². The zero-order valence-electron chi connectivity index (χ0n) is 40.2. The fourth-order valence-electron chi connectivity index (χ4n) is 8.20. The summed E-state index contributed by atoms with van der Waals surface area (Å²) in [6.45, 7) is 9.01. The zero-order valence-corrected chi connectivity index (χ0v) is 40.2. The standard InChI is InChI=1S/C53H102O6/c1-5-9-12-15-18-21-24-27-30-33-36-39-42-45-49(58-50(54)46-43-40-37-34-31-28-25-22-19-16-13-10-6-2)52(53(56)57-48-8-4)59-51(55)47-44-41-38-35-32-29-26-23-20-17-14-11-7-3/h49,52H,5-48H2,1-4H3/t49?,52-/m1/s1. The molecule has 0 aliphatic heterocycles. The molecule has 0 radical (unpaired) electrons. The van der Waals surface area contributed by atoms with Gasteiger partial charge in [-0.1, -0.05) is 259 Å². The van der Waals surface area contributed by atoms with E-state index in [1.165, 1.54) is 193 Å². The molecule has 6 heteroatoms. The Morgan fingerprint density at radius 2 is 0.593 bits per heavy atom. The lowest BCUT2D eigenvalue weighted by molar-refractivity contribution is -0.183. The molecule has 0 aromatic carbocycles. The highest BCUT2D eigenvalue weighted by Crippen LogP contribution is 2.21. The second-order valence-corrected chi connectivity index (χ2v) is 18.1. The van der Waals surface area contributed by atoms with Gasteiger partial charge in [0.15, 0.2) is 0 Å². The van der Waals surface area contributed by atoms with Gasteiger partial charge in [0.2, 0.25) is 6.10 Å². The van der Waals surface area contributed by atoms with Crippen LogP contribution in [-0.2, 0) is 28.6 Å². The van der Waals surface area contributed by atoms with Crippen molar-refractivity contribution in [2.24, 2.45) is 0 Å². The zero-order chi connectivity index (χ0) is 43.1. The second-order valence-electron chi connectivity index (χ2n) is 18.1. The third kappa shape index (κ3) is 41.5. The molecule has 59 heavy (non-hydrogen) atoms. The minimum absolute atomic E-state index is 0.254. The fraction of sp³-hybridized carbons (Fsp3) is 0.943. The highest BCUT2D eigenvalue weighted by atomic mass is 16.6. The van der Waals surface area contributed by atoms with Gasteiger partial charge in [0.05, 0.1) is 6.61 Å². The molecular weight excluding hydrogens is 733 g/mol. The van der Waals surface area contributed by atoms with Crippen LogP contribution in [0, 0.1) is 0 Å². The Morgan fingerprint density at radius 1 is 0.322 bits per heavy atom. The molecule has 6 nitrogen and oxygen atoms in total. The maximum Gasteiger partial charge on any atom is 0.351 e. The number of esters is 3. The van der Waals surface area contributed by atoms with E-state index in [0.717, 1.165) is 57.8 Å². The summed E-state index contributed by atoms with van der Waals surface area (Å²) in [5, 5.41) is 0. The Balaban J connectivity index is 4.88. The molecule has 0 aromatic heterocycles. The van der Waals surface area contributed by atoms with Crippen LogP contribution in [0.4, 0.5) is 0 Å². The molecule has 0 amide bonds. The maximum atomic E-state index is 13.4. The summed E-state index contributed by atoms with van der Waals surface area (Å²) in [5.74, 6) is -1.28. The molecule has 0 saturated carbocycles. The van der Waals surface area contributed by atoms with E-state index in [9.17, 15) is 14.4 Å². The first kappa shape index (κ1) is 57.4. The van der Waals surface area contributed by atoms with E-state index in [4.69, 9.17) is 14.2 Å². The van der Waals surface area contributed by atoms with Gasteiger partial charge in [-0.2, -0.15) is 0 Å². The fourth-order valence-corrected chi connectivity index (χ4v) is 8.20. The van der Waals surface area contributed by atoms with Crippen LogP contribution in [0.25, 0.3) is 0 Å². The molecule has 0 aliphatic rings. The first-order chi connectivity index (χ1) is 29.0. The topological polar surface area (TPSA) is 78.9 Å². The number of hydrogen-bond acceptors (Lipinski definition) is 6. The van der Waals surface area contributed by atoms with Crippen LogP contribution >= 0.6 is 0 Å². The maximum absolute atomic E-state index is 13.4. The predicted molar refractivity (Wildman–Crippen MR) is 252 cm³/mol. The number of unbranched alkanes of at least 4 members (excludes halogenated alkanes) is 36. The summed E-state index contributed by atoms with van der Waals surface area (Å²) in [5.41, 5.74) is 0. The number of rotatable bonds is 48. The van der Waals surface area contributed by atoms with E-state index in [1.54, 1.807) is 0 Å². The van der Waals surface area contributed by atoms with Gasteiger partial charge in [-0.25, -0.2) is 4.79 Å². The minimum atomic E-state index is -1.20. The first-order valence-electron chi connectivity index (χ1n) is 26.6. The second kappa shape index (κ2) is 47.5. The van der Waals surface area contributed by atoms with E-state index in [1.807, 2.05) is 6.92 Å². The van der Waals surface area contributed by atoms with Gasteiger partial charge in [-0.15, -0.1) is 0 Å². The normalized spacial score (nSPS) is 12.4. The van der Waals surface area contributed by atoms with Crippen LogP contribution in [0.3, 0.4) is 0 Å². The molecule has 1 unspecified atom stereocenters. The summed E-state index contributed by atoms with van der Waals surface area (Å²) in [7, 11) is 0. The highest BCUT2D eigenvalue weighted by Gasteiger charge is 2.36. The Labute approximate surface area is 368 Å². The first-order valence-corrected chi connectivity index (χ1v) is 26.6. The summed E-state index contributed by atoms with van der Waals surface area (Å²) in [4.78, 5) is 39.7. The SMILES string of the molecule is CCCCCCCCCCCCCCCC(=O)OC(CCCCCCCCCCCCCCC)[C@@H](OC(=O)CCCCCCCCCCCCCCC)C(=O)OCCC. The van der Waals surface area contributed by atoms with Crippen molar-refractivity contribution in [3.8, 4) is 0 Å². The van der Waals surface area contributed by atoms with Gasteiger partial charge in [-0.05, 0) is 32.1 Å². The van der Waals surface area contributed by atoms with Gasteiger partial charge in [0.1, 0.15) is 6.10 Å². The number of carbonyl (C=O) groups excluding carboxylic acids is 3. The monoisotopic (exact) mass is 835 g/mol. The molecule has 0 rings (SSSR count). The molecule has 350 valence electrons. The summed E-state index contributed by atoms with van der Waals surface area (Å²) in [6, 6.07) is 0. The van der Waals surface area contributed by atoms with Gasteiger partial charge >= 0.3 is 17.9 Å². The molecule has 0 fully saturated rings. The largest absolute Gasteiger partial charge is 0.463 e. The van der Waals surface area contributed by atoms with Crippen molar-refractivity contribution < 1.29 is 28.6 Å². The molecule has 0 spiro atoms. The smallest absolute Gasteiger partial charge is 0.351 e. The molecule has 0 N–H and O–H groups in total. The van der Waals surface area contributed by atoms with E-state index in [-0.39, 0.29) is 19.0 Å². The van der Waals surface area contributed by atoms with Crippen LogP contribution in [-0.4, -0.2) is 36.7 Å². The predicted octanol–water partition coefficient (Wildman–Crippen LogP) is 17.2. The van der Waals surface area contributed by atoms with Crippen molar-refractivity contribution in [1.29, 1.82) is 0 Å². The molecule has 0 heterocycles. The van der Waals surface area contributed by atoms with Gasteiger partial charge in [-0.3, -0.25) is 9.59 Å². The molecule has 0 aliphatic carbocycles. The van der Waals surface area contributed by atoms with Gasteiger partial charge in [0.25, 0.3) is 0 Å². The van der Waals surface area contributed by atoms with Crippen LogP contribution in [0.2, 0.25) is 0 Å². The van der Waals surface area contributed by atoms with Gasteiger partial charge < -0.3 is 14.2 Å². The Morgan fingerprint density at radius 3 is 0.898 bits per heavy atom. The highest BCUT2D eigenvalue weighted by molar-refractivity contribution is 5.80. The number of hydrogen-bond donors (Lipinski definition) is 0. The molecule has 0 aromatic rings. The van der Waals surface area contributed by atoms with Crippen molar-refractivity contribution in [1.82, 2.24) is 0 Å². The van der Waals surface area contributed by atoms with Crippen molar-refractivity contribution in [2.75, 3.05) is 6.61 Å². The molecule has 0 saturated heterocycles. The molecular formula is C53H102O6. The summed E-state index contributed by atoms with van der Waals surface area (Å²) in [6.07, 6.45) is 48.3. The van der Waals surface area contributed by atoms with E-state index < -0.39 is 24.1 Å². The van der Waals surface area contributed by atoms with Crippen molar-refractivity contribution >= 4 is 17.9 Å². The van der Waals surface area contributed by atoms with Crippen molar-refractivity contribution in [3.05, 3.63) is 0 Å². The van der Waals surface area contributed by atoms with Crippen LogP contribution in [0.15, 0.2) is 0 Å². The van der Waals surface area contributed by atoms with Crippen LogP contribution in [0.5, 0.6) is 0 Å². The molecule has 0 bridgehead atoms. The van der Waals surface area contributed by atoms with E-state index in [0.29, 0.717) is 19.3 Å². The van der Waals surface area contributed by atoms with E-state index >= 15 is 0 Å². The van der Waals surface area contributed by atoms with Crippen molar-refractivity contribution in [3.63, 3.8) is 0 Å². The minimum Gasteiger partial charge on any atom is -0.463 e.